The van der Waals surface area contributed by atoms with E-state index in [2.05, 4.69) is 20.8 Å². The van der Waals surface area contributed by atoms with Crippen LogP contribution in [-0.2, 0) is 0 Å². The van der Waals surface area contributed by atoms with E-state index in [1.807, 2.05) is 0 Å². The third-order valence-corrected chi connectivity index (χ3v) is 3.45. The Bertz CT molecular complexity index is 120. The van der Waals surface area contributed by atoms with E-state index in [-0.39, 0.29) is 0 Å². The third kappa shape index (κ3) is 1.96. The second kappa shape index (κ2) is 3.57. The van der Waals surface area contributed by atoms with Gasteiger partial charge in [-0.15, -0.1) is 0 Å². The van der Waals surface area contributed by atoms with Crippen molar-refractivity contribution in [1.82, 2.24) is 0 Å². The van der Waals surface area contributed by atoms with E-state index in [1.165, 1.54) is 19.3 Å². The standard InChI is InChI=1S/C10H21N/c1-7-5-4-6-10(8(7)2)9(3)11/h7-10H,4-6,11H2,1-3H3. The summed E-state index contributed by atoms with van der Waals surface area (Å²) in [6.45, 7) is 6.87. The fourth-order valence-electron chi connectivity index (χ4n) is 2.37. The lowest BCUT2D eigenvalue weighted by atomic mass is 9.71. The summed E-state index contributed by atoms with van der Waals surface area (Å²) < 4.78 is 0. The Morgan fingerprint density at radius 2 is 1.91 bits per heavy atom. The van der Waals surface area contributed by atoms with Crippen molar-refractivity contribution in [2.75, 3.05) is 0 Å². The van der Waals surface area contributed by atoms with E-state index in [1.54, 1.807) is 0 Å². The lowest BCUT2D eigenvalue weighted by molar-refractivity contribution is 0.161. The van der Waals surface area contributed by atoms with Crippen molar-refractivity contribution in [3.8, 4) is 0 Å². The van der Waals surface area contributed by atoms with Crippen molar-refractivity contribution in [2.45, 2.75) is 46.1 Å². The molecule has 0 heterocycles. The van der Waals surface area contributed by atoms with Crippen LogP contribution < -0.4 is 5.73 Å². The summed E-state index contributed by atoms with van der Waals surface area (Å²) in [5.74, 6) is 2.50. The van der Waals surface area contributed by atoms with Gasteiger partial charge in [0.1, 0.15) is 0 Å². The minimum atomic E-state index is 0.396. The first kappa shape index (κ1) is 9.05. The summed E-state index contributed by atoms with van der Waals surface area (Å²) in [5, 5.41) is 0. The molecule has 2 N–H and O–H groups in total. The summed E-state index contributed by atoms with van der Waals surface area (Å²) in [6.07, 6.45) is 4.14. The van der Waals surface area contributed by atoms with E-state index < -0.39 is 0 Å². The van der Waals surface area contributed by atoms with Gasteiger partial charge in [-0.3, -0.25) is 0 Å². The van der Waals surface area contributed by atoms with Gasteiger partial charge < -0.3 is 5.73 Å². The summed E-state index contributed by atoms with van der Waals surface area (Å²) in [6, 6.07) is 0.396. The average Bonchev–Trinajstić information content (AvgIpc) is 1.94. The monoisotopic (exact) mass is 155 g/mol. The summed E-state index contributed by atoms with van der Waals surface area (Å²) in [5.41, 5.74) is 5.92. The number of hydrogen-bond donors (Lipinski definition) is 1. The summed E-state index contributed by atoms with van der Waals surface area (Å²) >= 11 is 0. The largest absolute Gasteiger partial charge is 0.328 e. The summed E-state index contributed by atoms with van der Waals surface area (Å²) in [4.78, 5) is 0. The van der Waals surface area contributed by atoms with E-state index in [9.17, 15) is 0 Å². The molecule has 1 rings (SSSR count). The van der Waals surface area contributed by atoms with Crippen LogP contribution in [0.15, 0.2) is 0 Å². The molecule has 0 aromatic rings. The molecule has 11 heavy (non-hydrogen) atoms. The van der Waals surface area contributed by atoms with Crippen LogP contribution in [0.4, 0.5) is 0 Å². The van der Waals surface area contributed by atoms with Gasteiger partial charge in [-0.2, -0.15) is 0 Å². The molecule has 4 unspecified atom stereocenters. The van der Waals surface area contributed by atoms with Gasteiger partial charge in [0.25, 0.3) is 0 Å². The van der Waals surface area contributed by atoms with E-state index in [4.69, 9.17) is 5.73 Å². The molecule has 0 amide bonds. The number of hydrogen-bond acceptors (Lipinski definition) is 1. The van der Waals surface area contributed by atoms with Gasteiger partial charge in [-0.25, -0.2) is 0 Å². The highest BCUT2D eigenvalue weighted by Gasteiger charge is 2.28. The first-order valence-electron chi connectivity index (χ1n) is 4.88. The molecule has 0 aromatic carbocycles. The van der Waals surface area contributed by atoms with Crippen LogP contribution >= 0.6 is 0 Å². The molecule has 1 fully saturated rings. The Kier molecular flexibility index (Phi) is 2.94. The molecule has 0 bridgehead atoms. The predicted octanol–water partition coefficient (Wildman–Crippen LogP) is 2.41. The highest BCUT2D eigenvalue weighted by atomic mass is 14.6. The zero-order chi connectivity index (χ0) is 8.43. The molecule has 0 radical (unpaired) electrons. The number of rotatable bonds is 1. The molecule has 1 saturated carbocycles. The Morgan fingerprint density at radius 3 is 2.36 bits per heavy atom. The van der Waals surface area contributed by atoms with Gasteiger partial charge >= 0.3 is 0 Å². The first-order valence-corrected chi connectivity index (χ1v) is 4.88. The van der Waals surface area contributed by atoms with Gasteiger partial charge in [-0.1, -0.05) is 26.7 Å². The molecule has 0 spiro atoms. The molecular formula is C10H21N. The van der Waals surface area contributed by atoms with Crippen molar-refractivity contribution in [1.29, 1.82) is 0 Å². The van der Waals surface area contributed by atoms with Gasteiger partial charge in [0.05, 0.1) is 0 Å². The summed E-state index contributed by atoms with van der Waals surface area (Å²) in [7, 11) is 0. The van der Waals surface area contributed by atoms with Gasteiger partial charge in [0.2, 0.25) is 0 Å². The van der Waals surface area contributed by atoms with Crippen LogP contribution in [-0.4, -0.2) is 6.04 Å². The van der Waals surface area contributed by atoms with Crippen LogP contribution in [0.1, 0.15) is 40.0 Å². The molecule has 0 saturated heterocycles. The van der Waals surface area contributed by atoms with Crippen LogP contribution in [0.2, 0.25) is 0 Å². The maximum atomic E-state index is 5.92. The molecule has 0 aromatic heterocycles. The van der Waals surface area contributed by atoms with Crippen molar-refractivity contribution in [3.63, 3.8) is 0 Å². The highest BCUT2D eigenvalue weighted by Crippen LogP contribution is 2.35. The van der Waals surface area contributed by atoms with Gasteiger partial charge in [0.15, 0.2) is 0 Å². The van der Waals surface area contributed by atoms with Crippen molar-refractivity contribution in [2.24, 2.45) is 23.5 Å². The van der Waals surface area contributed by atoms with Gasteiger partial charge in [-0.05, 0) is 31.1 Å². The maximum Gasteiger partial charge on any atom is 0.00414 e. The lowest BCUT2D eigenvalue weighted by Gasteiger charge is -2.36. The second-order valence-corrected chi connectivity index (χ2v) is 4.29. The van der Waals surface area contributed by atoms with Crippen LogP contribution in [0.3, 0.4) is 0 Å². The van der Waals surface area contributed by atoms with E-state index in [0.29, 0.717) is 6.04 Å². The lowest BCUT2D eigenvalue weighted by Crippen LogP contribution is -2.36. The molecule has 1 aliphatic carbocycles. The Hall–Kier alpha value is -0.0400. The quantitative estimate of drug-likeness (QED) is 0.618. The van der Waals surface area contributed by atoms with Crippen molar-refractivity contribution < 1.29 is 0 Å². The molecule has 0 aliphatic heterocycles. The minimum Gasteiger partial charge on any atom is -0.328 e. The molecule has 66 valence electrons. The SMILES string of the molecule is CC(N)C1CCCC(C)C1C. The van der Waals surface area contributed by atoms with E-state index >= 15 is 0 Å². The van der Waals surface area contributed by atoms with E-state index in [0.717, 1.165) is 17.8 Å². The Balaban J connectivity index is 2.51. The van der Waals surface area contributed by atoms with Crippen LogP contribution in [0, 0.1) is 17.8 Å². The molecule has 1 heteroatoms. The van der Waals surface area contributed by atoms with Crippen molar-refractivity contribution in [3.05, 3.63) is 0 Å². The fourth-order valence-corrected chi connectivity index (χ4v) is 2.37. The van der Waals surface area contributed by atoms with Crippen molar-refractivity contribution >= 4 is 0 Å². The maximum absolute atomic E-state index is 5.92. The molecule has 4 atom stereocenters. The topological polar surface area (TPSA) is 26.0 Å². The predicted molar refractivity (Wildman–Crippen MR) is 49.3 cm³/mol. The second-order valence-electron chi connectivity index (χ2n) is 4.29. The zero-order valence-electron chi connectivity index (χ0n) is 8.01. The Labute approximate surface area is 70.4 Å². The van der Waals surface area contributed by atoms with Crippen LogP contribution in [0.25, 0.3) is 0 Å². The first-order chi connectivity index (χ1) is 5.13. The fraction of sp³-hybridized carbons (Fsp3) is 1.00. The van der Waals surface area contributed by atoms with Crippen LogP contribution in [0.5, 0.6) is 0 Å². The minimum absolute atomic E-state index is 0.396. The third-order valence-electron chi connectivity index (χ3n) is 3.45. The van der Waals surface area contributed by atoms with Gasteiger partial charge in [0, 0.05) is 6.04 Å². The molecular weight excluding hydrogens is 134 g/mol. The molecule has 1 aliphatic rings. The Morgan fingerprint density at radius 1 is 1.27 bits per heavy atom. The molecule has 1 nitrogen and oxygen atoms in total. The normalized spacial score (nSPS) is 42.0. The average molecular weight is 155 g/mol. The zero-order valence-corrected chi connectivity index (χ0v) is 8.01. The smallest absolute Gasteiger partial charge is 0.00414 e. The highest BCUT2D eigenvalue weighted by molar-refractivity contribution is 4.81. The number of nitrogens with two attached hydrogens (primary N) is 1.